The van der Waals surface area contributed by atoms with E-state index in [9.17, 15) is 14.4 Å². The Hall–Kier alpha value is -3.75. The zero-order valence-corrected chi connectivity index (χ0v) is 17.3. The van der Waals surface area contributed by atoms with Gasteiger partial charge in [-0.15, -0.1) is 0 Å². The highest BCUT2D eigenvalue weighted by molar-refractivity contribution is 5.93. The summed E-state index contributed by atoms with van der Waals surface area (Å²) in [6.45, 7) is 5.38. The largest absolute Gasteiger partial charge is 0.465 e. The summed E-state index contributed by atoms with van der Waals surface area (Å²) in [5, 5.41) is 7.12. The van der Waals surface area contributed by atoms with Gasteiger partial charge < -0.3 is 10.1 Å². The van der Waals surface area contributed by atoms with Crippen LogP contribution in [0.2, 0.25) is 0 Å². The first-order valence-electron chi connectivity index (χ1n) is 9.45. The number of methoxy groups -OCH3 is 1. The number of nitrogens with zero attached hydrogens (tertiary/aromatic N) is 4. The second-order valence-corrected chi connectivity index (χ2v) is 6.78. The predicted octanol–water partition coefficient (Wildman–Crippen LogP) is 2.03. The molecule has 0 saturated heterocycles. The lowest BCUT2D eigenvalue weighted by atomic mass is 10.2. The van der Waals surface area contributed by atoms with Gasteiger partial charge in [0.2, 0.25) is 11.9 Å². The number of nitrogens with one attached hydrogen (secondary N) is 1. The van der Waals surface area contributed by atoms with Gasteiger partial charge in [-0.3, -0.25) is 14.2 Å². The van der Waals surface area contributed by atoms with Crippen molar-refractivity contribution in [1.82, 2.24) is 19.3 Å². The van der Waals surface area contributed by atoms with E-state index in [0.717, 1.165) is 11.4 Å². The molecular formula is C21H23N5O4. The molecule has 9 heteroatoms. The average Bonchev–Trinajstić information content (AvgIpc) is 3.07. The van der Waals surface area contributed by atoms with Crippen LogP contribution < -0.4 is 10.9 Å². The van der Waals surface area contributed by atoms with Crippen molar-refractivity contribution in [3.63, 3.8) is 0 Å². The topological polar surface area (TPSA) is 108 Å². The Morgan fingerprint density at radius 2 is 1.83 bits per heavy atom. The molecule has 0 saturated carbocycles. The highest BCUT2D eigenvalue weighted by Gasteiger charge is 2.16. The molecule has 0 radical (unpaired) electrons. The SMILES string of the molecule is CCc1cc(=O)n(CC(=O)Nc2ccc(C(=O)OC)cc2)c(-n2nc(C)cc2C)n1. The average molecular weight is 409 g/mol. The Morgan fingerprint density at radius 1 is 1.13 bits per heavy atom. The second kappa shape index (κ2) is 8.73. The number of benzene rings is 1. The lowest BCUT2D eigenvalue weighted by Gasteiger charge is -2.14. The Balaban J connectivity index is 1.88. The molecule has 2 aromatic heterocycles. The van der Waals surface area contributed by atoms with Crippen molar-refractivity contribution in [1.29, 1.82) is 0 Å². The molecule has 0 spiro atoms. The third kappa shape index (κ3) is 4.45. The summed E-state index contributed by atoms with van der Waals surface area (Å²) in [5.74, 6) is -0.575. The molecule has 0 atom stereocenters. The van der Waals surface area contributed by atoms with Gasteiger partial charge >= 0.3 is 5.97 Å². The Kier molecular flexibility index (Phi) is 6.10. The van der Waals surface area contributed by atoms with Crippen LogP contribution in [-0.4, -0.2) is 38.3 Å². The maximum atomic E-state index is 12.7. The van der Waals surface area contributed by atoms with E-state index in [2.05, 4.69) is 20.1 Å². The van der Waals surface area contributed by atoms with Gasteiger partial charge in [0, 0.05) is 23.1 Å². The van der Waals surface area contributed by atoms with Crippen LogP contribution >= 0.6 is 0 Å². The highest BCUT2D eigenvalue weighted by atomic mass is 16.5. The normalized spacial score (nSPS) is 10.7. The number of anilines is 1. The van der Waals surface area contributed by atoms with Crippen LogP contribution in [0.1, 0.15) is 34.4 Å². The molecule has 2 heterocycles. The number of esters is 1. The minimum Gasteiger partial charge on any atom is -0.465 e. The lowest BCUT2D eigenvalue weighted by Crippen LogP contribution is -2.32. The van der Waals surface area contributed by atoms with Gasteiger partial charge in [0.25, 0.3) is 5.56 Å². The molecule has 0 aliphatic carbocycles. The van der Waals surface area contributed by atoms with E-state index in [4.69, 9.17) is 0 Å². The van der Waals surface area contributed by atoms with Gasteiger partial charge in [-0.2, -0.15) is 5.10 Å². The second-order valence-electron chi connectivity index (χ2n) is 6.78. The zero-order chi connectivity index (χ0) is 21.8. The molecule has 0 fully saturated rings. The summed E-state index contributed by atoms with van der Waals surface area (Å²) in [7, 11) is 1.30. The molecule has 1 amide bonds. The molecular weight excluding hydrogens is 386 g/mol. The Labute approximate surface area is 173 Å². The third-order valence-corrected chi connectivity index (χ3v) is 4.49. The van der Waals surface area contributed by atoms with Crippen molar-refractivity contribution in [3.8, 4) is 5.95 Å². The molecule has 0 bridgehead atoms. The number of amides is 1. The predicted molar refractivity (Wildman–Crippen MR) is 111 cm³/mol. The van der Waals surface area contributed by atoms with Crippen LogP contribution in [0, 0.1) is 13.8 Å². The highest BCUT2D eigenvalue weighted by Crippen LogP contribution is 2.12. The van der Waals surface area contributed by atoms with E-state index < -0.39 is 11.9 Å². The van der Waals surface area contributed by atoms with Crippen molar-refractivity contribution < 1.29 is 14.3 Å². The minimum absolute atomic E-state index is 0.234. The van der Waals surface area contributed by atoms with Crippen LogP contribution in [-0.2, 0) is 22.5 Å². The maximum absolute atomic E-state index is 12.7. The smallest absolute Gasteiger partial charge is 0.337 e. The fourth-order valence-electron chi connectivity index (χ4n) is 3.01. The number of aromatic nitrogens is 4. The van der Waals surface area contributed by atoms with Crippen LogP contribution in [0.25, 0.3) is 5.95 Å². The van der Waals surface area contributed by atoms with Gasteiger partial charge in [-0.25, -0.2) is 14.5 Å². The van der Waals surface area contributed by atoms with E-state index in [0.29, 0.717) is 29.3 Å². The fraction of sp³-hybridized carbons (Fsp3) is 0.286. The molecule has 30 heavy (non-hydrogen) atoms. The molecule has 0 unspecified atom stereocenters. The molecule has 3 aromatic rings. The number of carbonyl (C=O) groups excluding carboxylic acids is 2. The number of carbonyl (C=O) groups is 2. The summed E-state index contributed by atoms with van der Waals surface area (Å²) in [6, 6.07) is 9.57. The van der Waals surface area contributed by atoms with Gasteiger partial charge in [0.15, 0.2) is 0 Å². The summed E-state index contributed by atoms with van der Waals surface area (Å²) in [4.78, 5) is 41.4. The fourth-order valence-corrected chi connectivity index (χ4v) is 3.01. The van der Waals surface area contributed by atoms with Gasteiger partial charge in [-0.1, -0.05) is 6.92 Å². The monoisotopic (exact) mass is 409 g/mol. The number of aryl methyl sites for hydroxylation is 3. The van der Waals surface area contributed by atoms with Crippen molar-refractivity contribution in [3.05, 3.63) is 69.4 Å². The van der Waals surface area contributed by atoms with Crippen LogP contribution in [0.5, 0.6) is 0 Å². The Morgan fingerprint density at radius 3 is 2.40 bits per heavy atom. The third-order valence-electron chi connectivity index (χ3n) is 4.49. The van der Waals surface area contributed by atoms with Crippen LogP contribution in [0.15, 0.2) is 41.2 Å². The van der Waals surface area contributed by atoms with Crippen LogP contribution in [0.3, 0.4) is 0 Å². The zero-order valence-electron chi connectivity index (χ0n) is 17.3. The minimum atomic E-state index is -0.462. The number of hydrogen-bond acceptors (Lipinski definition) is 6. The molecule has 1 N–H and O–H groups in total. The van der Waals surface area contributed by atoms with Crippen LogP contribution in [0.4, 0.5) is 5.69 Å². The van der Waals surface area contributed by atoms with Crippen molar-refractivity contribution in [2.45, 2.75) is 33.7 Å². The van der Waals surface area contributed by atoms with E-state index in [1.54, 1.807) is 28.9 Å². The summed E-state index contributed by atoms with van der Waals surface area (Å²) in [5.41, 5.74) is 2.74. The number of ether oxygens (including phenoxy) is 1. The molecule has 1 aromatic carbocycles. The van der Waals surface area contributed by atoms with Gasteiger partial charge in [-0.05, 0) is 50.6 Å². The summed E-state index contributed by atoms with van der Waals surface area (Å²) < 4.78 is 7.51. The van der Waals surface area contributed by atoms with E-state index in [1.165, 1.54) is 17.7 Å². The van der Waals surface area contributed by atoms with Gasteiger partial charge in [0.1, 0.15) is 6.54 Å². The molecule has 0 aliphatic rings. The van der Waals surface area contributed by atoms with E-state index in [-0.39, 0.29) is 12.1 Å². The van der Waals surface area contributed by atoms with Crippen molar-refractivity contribution in [2.24, 2.45) is 0 Å². The van der Waals surface area contributed by atoms with Crippen molar-refractivity contribution in [2.75, 3.05) is 12.4 Å². The Bertz CT molecular complexity index is 1150. The first kappa shape index (κ1) is 21.0. The van der Waals surface area contributed by atoms with Crippen molar-refractivity contribution >= 4 is 17.6 Å². The summed E-state index contributed by atoms with van der Waals surface area (Å²) in [6.07, 6.45) is 0.584. The number of rotatable bonds is 6. The standard InChI is InChI=1S/C21H23N5O4/c1-5-16-11-19(28)25(21(23-16)26-14(3)10-13(2)24-26)12-18(27)22-17-8-6-15(7-9-17)20(29)30-4/h6-11H,5,12H2,1-4H3,(H,22,27). The molecule has 3 rings (SSSR count). The van der Waals surface area contributed by atoms with E-state index in [1.807, 2.05) is 26.8 Å². The van der Waals surface area contributed by atoms with E-state index >= 15 is 0 Å². The van der Waals surface area contributed by atoms with Gasteiger partial charge in [0.05, 0.1) is 18.4 Å². The molecule has 0 aliphatic heterocycles. The molecule has 156 valence electrons. The first-order valence-corrected chi connectivity index (χ1v) is 9.45. The maximum Gasteiger partial charge on any atom is 0.337 e. The number of hydrogen-bond donors (Lipinski definition) is 1. The first-order chi connectivity index (χ1) is 14.3. The summed E-state index contributed by atoms with van der Waals surface area (Å²) >= 11 is 0. The quantitative estimate of drug-likeness (QED) is 0.624. The lowest BCUT2D eigenvalue weighted by molar-refractivity contribution is -0.116. The molecule has 9 nitrogen and oxygen atoms in total.